The maximum atomic E-state index is 12.6. The van der Waals surface area contributed by atoms with Gasteiger partial charge in [-0.15, -0.1) is 0 Å². The zero-order chi connectivity index (χ0) is 17.0. The predicted molar refractivity (Wildman–Crippen MR) is 83.6 cm³/mol. The summed E-state index contributed by atoms with van der Waals surface area (Å²) in [5.41, 5.74) is 3.03. The number of carbonyl (C=O) groups excluding carboxylic acids is 3. The molecule has 3 heterocycles. The molecule has 3 amide bonds. The highest BCUT2D eigenvalue weighted by atomic mass is 16.5. The van der Waals surface area contributed by atoms with Crippen LogP contribution in [0.1, 0.15) is 17.0 Å². The Morgan fingerprint density at radius 2 is 1.96 bits per heavy atom. The number of rotatable bonds is 1. The van der Waals surface area contributed by atoms with E-state index in [1.807, 2.05) is 31.2 Å². The van der Waals surface area contributed by atoms with Crippen LogP contribution in [-0.4, -0.2) is 42.6 Å². The number of nitrogens with one attached hydrogen (secondary N) is 2. The summed E-state index contributed by atoms with van der Waals surface area (Å²) >= 11 is 0. The lowest BCUT2D eigenvalue weighted by Crippen LogP contribution is -2.66. The van der Waals surface area contributed by atoms with Gasteiger partial charge in [-0.2, -0.15) is 0 Å². The fraction of sp³-hybridized carbons (Fsp3) is 0.353. The Morgan fingerprint density at radius 3 is 2.71 bits per heavy atom. The first-order valence-corrected chi connectivity index (χ1v) is 7.79. The highest BCUT2D eigenvalue weighted by Gasteiger charge is 2.52. The molecule has 1 aromatic carbocycles. The zero-order valence-electron chi connectivity index (χ0n) is 13.3. The Balaban J connectivity index is 1.91. The second kappa shape index (κ2) is 5.09. The van der Waals surface area contributed by atoms with E-state index in [0.717, 1.165) is 11.1 Å². The monoisotopic (exact) mass is 327 g/mol. The summed E-state index contributed by atoms with van der Waals surface area (Å²) in [6.07, 6.45) is -0.510. The van der Waals surface area contributed by atoms with Crippen molar-refractivity contribution in [1.29, 1.82) is 0 Å². The van der Waals surface area contributed by atoms with Crippen molar-refractivity contribution in [3.63, 3.8) is 0 Å². The van der Waals surface area contributed by atoms with Crippen LogP contribution in [0.3, 0.4) is 0 Å². The summed E-state index contributed by atoms with van der Waals surface area (Å²) in [5, 5.41) is 5.53. The largest absolute Gasteiger partial charge is 0.456 e. The molecule has 0 aromatic heterocycles. The van der Waals surface area contributed by atoms with Gasteiger partial charge in [-0.25, -0.2) is 9.59 Å². The number of fused-ring (bicyclic) bond motifs is 1. The molecule has 7 heteroatoms. The number of esters is 1. The van der Waals surface area contributed by atoms with Crippen LogP contribution >= 0.6 is 0 Å². The summed E-state index contributed by atoms with van der Waals surface area (Å²) in [5.74, 6) is -1.83. The van der Waals surface area contributed by atoms with Crippen LogP contribution in [0.4, 0.5) is 4.79 Å². The number of hydrogen-bond acceptors (Lipinski definition) is 5. The van der Waals surface area contributed by atoms with Gasteiger partial charge in [-0.3, -0.25) is 10.1 Å². The topological polar surface area (TPSA) is 87.7 Å². The number of aryl methyl sites for hydroxylation is 1. The molecule has 3 aliphatic heterocycles. The Hall–Kier alpha value is -2.83. The number of imide groups is 1. The van der Waals surface area contributed by atoms with E-state index in [1.54, 1.807) is 7.05 Å². The fourth-order valence-electron chi connectivity index (χ4n) is 3.80. The first kappa shape index (κ1) is 14.7. The van der Waals surface area contributed by atoms with Crippen molar-refractivity contribution < 1.29 is 19.1 Å². The lowest BCUT2D eigenvalue weighted by atomic mass is 9.73. The second-order valence-electron chi connectivity index (χ2n) is 6.32. The summed E-state index contributed by atoms with van der Waals surface area (Å²) in [7, 11) is 1.63. The number of nitrogens with zero attached hydrogens (tertiary/aromatic N) is 1. The molecule has 1 fully saturated rings. The van der Waals surface area contributed by atoms with E-state index in [1.165, 1.54) is 4.90 Å². The van der Waals surface area contributed by atoms with Crippen LogP contribution in [-0.2, 0) is 14.3 Å². The molecule has 0 bridgehead atoms. The number of cyclic esters (lactones) is 1. The quantitative estimate of drug-likeness (QED) is 0.738. The average molecular weight is 327 g/mol. The Morgan fingerprint density at radius 1 is 1.21 bits per heavy atom. The summed E-state index contributed by atoms with van der Waals surface area (Å²) in [6.45, 7) is 2.09. The smallest absolute Gasteiger partial charge is 0.336 e. The van der Waals surface area contributed by atoms with Gasteiger partial charge in [-0.05, 0) is 18.1 Å². The molecule has 3 atom stereocenters. The molecule has 0 saturated carbocycles. The third-order valence-electron chi connectivity index (χ3n) is 5.02. The van der Waals surface area contributed by atoms with Crippen LogP contribution in [0.5, 0.6) is 0 Å². The van der Waals surface area contributed by atoms with Gasteiger partial charge in [0.1, 0.15) is 12.8 Å². The maximum absolute atomic E-state index is 12.6. The highest BCUT2D eigenvalue weighted by Crippen LogP contribution is 2.44. The van der Waals surface area contributed by atoms with Crippen LogP contribution in [0.15, 0.2) is 35.5 Å². The van der Waals surface area contributed by atoms with Gasteiger partial charge in [0.15, 0.2) is 0 Å². The molecular weight excluding hydrogens is 310 g/mol. The third kappa shape index (κ3) is 1.94. The number of benzene rings is 1. The molecule has 2 N–H and O–H groups in total. The normalized spacial score (nSPS) is 28.8. The molecule has 4 rings (SSSR count). The third-order valence-corrected chi connectivity index (χ3v) is 5.02. The second-order valence-corrected chi connectivity index (χ2v) is 6.32. The molecule has 124 valence electrons. The molecule has 1 saturated heterocycles. The van der Waals surface area contributed by atoms with Gasteiger partial charge in [0.05, 0.1) is 17.2 Å². The van der Waals surface area contributed by atoms with Gasteiger partial charge in [0, 0.05) is 13.0 Å². The molecule has 0 radical (unpaired) electrons. The average Bonchev–Trinajstić information content (AvgIpc) is 2.93. The Bertz CT molecular complexity index is 801. The van der Waals surface area contributed by atoms with Crippen molar-refractivity contribution in [3.8, 4) is 0 Å². The number of carbonyl (C=O) groups is 3. The van der Waals surface area contributed by atoms with Crippen molar-refractivity contribution >= 4 is 17.9 Å². The van der Waals surface area contributed by atoms with Gasteiger partial charge in [0.25, 0.3) is 0 Å². The Labute approximate surface area is 138 Å². The maximum Gasteiger partial charge on any atom is 0.336 e. The van der Waals surface area contributed by atoms with Gasteiger partial charge < -0.3 is 15.0 Å². The van der Waals surface area contributed by atoms with Crippen LogP contribution in [0, 0.1) is 12.8 Å². The molecule has 3 unspecified atom stereocenters. The van der Waals surface area contributed by atoms with E-state index >= 15 is 0 Å². The number of ether oxygens (including phenoxy) is 1. The summed E-state index contributed by atoms with van der Waals surface area (Å²) < 4.78 is 5.18. The molecular formula is C17H17N3O4. The lowest BCUT2D eigenvalue weighted by Gasteiger charge is -2.45. The van der Waals surface area contributed by atoms with E-state index in [-0.39, 0.29) is 12.5 Å². The predicted octanol–water partition coefficient (Wildman–Crippen LogP) is 0.617. The lowest BCUT2D eigenvalue weighted by molar-refractivity contribution is -0.136. The van der Waals surface area contributed by atoms with E-state index in [9.17, 15) is 14.4 Å². The van der Waals surface area contributed by atoms with Gasteiger partial charge in [0.2, 0.25) is 5.91 Å². The molecule has 24 heavy (non-hydrogen) atoms. The first-order valence-electron chi connectivity index (χ1n) is 7.79. The zero-order valence-corrected chi connectivity index (χ0v) is 13.3. The van der Waals surface area contributed by atoms with E-state index in [0.29, 0.717) is 11.3 Å². The number of urea groups is 1. The van der Waals surface area contributed by atoms with Gasteiger partial charge in [-0.1, -0.05) is 24.3 Å². The van der Waals surface area contributed by atoms with Crippen molar-refractivity contribution in [1.82, 2.24) is 15.5 Å². The molecule has 7 nitrogen and oxygen atoms in total. The van der Waals surface area contributed by atoms with Crippen molar-refractivity contribution in [2.24, 2.45) is 5.92 Å². The molecule has 0 spiro atoms. The van der Waals surface area contributed by atoms with Gasteiger partial charge >= 0.3 is 12.0 Å². The minimum absolute atomic E-state index is 0.142. The summed E-state index contributed by atoms with van der Waals surface area (Å²) in [4.78, 5) is 38.3. The SMILES string of the molecule is Cc1ccccc1C1C2=C(COC2=O)NC2C1C(=O)NC(=O)N2C. The van der Waals surface area contributed by atoms with Crippen molar-refractivity contribution in [2.45, 2.75) is 19.0 Å². The highest BCUT2D eigenvalue weighted by molar-refractivity contribution is 6.02. The first-order chi connectivity index (χ1) is 11.5. The van der Waals surface area contributed by atoms with Crippen LogP contribution in [0.2, 0.25) is 0 Å². The van der Waals surface area contributed by atoms with Crippen LogP contribution in [0.25, 0.3) is 0 Å². The minimum atomic E-state index is -0.599. The summed E-state index contributed by atoms with van der Waals surface area (Å²) in [6, 6.07) is 7.21. The van der Waals surface area contributed by atoms with Crippen molar-refractivity contribution in [2.75, 3.05) is 13.7 Å². The number of amides is 3. The van der Waals surface area contributed by atoms with Crippen molar-refractivity contribution in [3.05, 3.63) is 46.7 Å². The van der Waals surface area contributed by atoms with E-state index in [4.69, 9.17) is 4.74 Å². The minimum Gasteiger partial charge on any atom is -0.456 e. The van der Waals surface area contributed by atoms with Crippen LogP contribution < -0.4 is 10.6 Å². The standard InChI is InChI=1S/C17H17N3O4/c1-8-5-3-4-6-9(8)11-12-10(7-24-16(12)22)18-14-13(11)15(21)19-17(23)20(14)2/h3-6,11,13-14,18H,7H2,1-2H3,(H,19,21,23). The van der Waals surface area contributed by atoms with E-state index in [2.05, 4.69) is 10.6 Å². The molecule has 0 aliphatic carbocycles. The Kier molecular flexibility index (Phi) is 3.13. The molecule has 1 aromatic rings. The fourth-order valence-corrected chi connectivity index (χ4v) is 3.80. The molecule has 3 aliphatic rings. The number of hydrogen-bond donors (Lipinski definition) is 2. The van der Waals surface area contributed by atoms with E-state index < -0.39 is 30.0 Å².